The quantitative estimate of drug-likeness (QED) is 0.369. The minimum Gasteiger partial charge on any atom is -0.497 e. The zero-order chi connectivity index (χ0) is 21.8. The second-order valence-electron chi connectivity index (χ2n) is 6.62. The molecule has 0 saturated heterocycles. The van der Waals surface area contributed by atoms with Crippen molar-refractivity contribution in [2.75, 3.05) is 28.4 Å². The highest BCUT2D eigenvalue weighted by molar-refractivity contribution is 7.98. The normalized spacial score (nSPS) is 10.8. The summed E-state index contributed by atoms with van der Waals surface area (Å²) in [7, 11) is 6.50. The summed E-state index contributed by atoms with van der Waals surface area (Å²) in [5, 5.41) is 5.60. The van der Waals surface area contributed by atoms with E-state index < -0.39 is 0 Å². The maximum atomic E-state index is 5.67. The molecule has 4 rings (SSSR count). The molecule has 8 heteroatoms. The molecule has 0 aliphatic carbocycles. The molecule has 160 valence electrons. The molecule has 2 aromatic carbocycles. The molecule has 7 nitrogen and oxygen atoms in total. The number of hydrogen-bond acceptors (Lipinski definition) is 7. The van der Waals surface area contributed by atoms with E-state index >= 15 is 0 Å². The first-order valence-electron chi connectivity index (χ1n) is 9.58. The summed E-state index contributed by atoms with van der Waals surface area (Å²) in [6.45, 7) is 0. The Morgan fingerprint density at radius 3 is 2.42 bits per heavy atom. The van der Waals surface area contributed by atoms with Crippen molar-refractivity contribution in [3.05, 3.63) is 60.2 Å². The van der Waals surface area contributed by atoms with Gasteiger partial charge in [0.1, 0.15) is 16.5 Å². The lowest BCUT2D eigenvalue weighted by atomic mass is 10.1. The summed E-state index contributed by atoms with van der Waals surface area (Å²) in [5.41, 5.74) is 3.40. The van der Waals surface area contributed by atoms with E-state index in [9.17, 15) is 0 Å². The lowest BCUT2D eigenvalue weighted by molar-refractivity contribution is 0.355. The van der Waals surface area contributed by atoms with Crippen LogP contribution in [-0.4, -0.2) is 43.0 Å². The van der Waals surface area contributed by atoms with Crippen LogP contribution < -0.4 is 18.9 Å². The van der Waals surface area contributed by atoms with E-state index in [4.69, 9.17) is 29.0 Å². The molecule has 0 aliphatic rings. The maximum Gasteiger partial charge on any atom is 0.243 e. The highest BCUT2D eigenvalue weighted by Gasteiger charge is 2.18. The van der Waals surface area contributed by atoms with Gasteiger partial charge in [0.25, 0.3) is 0 Å². The van der Waals surface area contributed by atoms with Crippen LogP contribution >= 0.6 is 11.8 Å². The number of methoxy groups -OCH3 is 4. The molecule has 2 aromatic heterocycles. The molecule has 0 spiro atoms. The summed E-state index contributed by atoms with van der Waals surface area (Å²) >= 11 is 1.64. The fraction of sp³-hybridized carbons (Fsp3) is 0.217. The summed E-state index contributed by atoms with van der Waals surface area (Å²) in [4.78, 5) is 4.72. The van der Waals surface area contributed by atoms with Crippen molar-refractivity contribution >= 4 is 17.4 Å². The Bertz CT molecular complexity index is 1210. The zero-order valence-electron chi connectivity index (χ0n) is 17.8. The van der Waals surface area contributed by atoms with Gasteiger partial charge in [0, 0.05) is 11.3 Å². The smallest absolute Gasteiger partial charge is 0.243 e. The molecule has 0 fully saturated rings. The van der Waals surface area contributed by atoms with Gasteiger partial charge in [0.15, 0.2) is 17.1 Å². The fourth-order valence-electron chi connectivity index (χ4n) is 3.25. The van der Waals surface area contributed by atoms with Crippen molar-refractivity contribution in [2.45, 2.75) is 10.8 Å². The van der Waals surface area contributed by atoms with Gasteiger partial charge >= 0.3 is 0 Å². The number of fused-ring (bicyclic) bond motifs is 1. The third-order valence-electron chi connectivity index (χ3n) is 4.78. The van der Waals surface area contributed by atoms with Gasteiger partial charge in [-0.1, -0.05) is 23.9 Å². The largest absolute Gasteiger partial charge is 0.497 e. The highest BCUT2D eigenvalue weighted by atomic mass is 32.2. The third kappa shape index (κ3) is 4.25. The number of nitrogens with zero attached hydrogens (tertiary/aromatic N) is 3. The minimum absolute atomic E-state index is 0.561. The Balaban J connectivity index is 1.65. The Morgan fingerprint density at radius 2 is 1.68 bits per heavy atom. The summed E-state index contributed by atoms with van der Waals surface area (Å²) in [6.07, 6.45) is 0. The molecule has 0 unspecified atom stereocenters. The maximum absolute atomic E-state index is 5.67. The van der Waals surface area contributed by atoms with E-state index in [1.165, 1.54) is 0 Å². The predicted octanol–water partition coefficient (Wildman–Crippen LogP) is 4.72. The van der Waals surface area contributed by atoms with Crippen LogP contribution in [-0.2, 0) is 5.75 Å². The van der Waals surface area contributed by atoms with Crippen LogP contribution in [0.15, 0.2) is 59.6 Å². The van der Waals surface area contributed by atoms with Crippen molar-refractivity contribution in [2.24, 2.45) is 0 Å². The lowest BCUT2D eigenvalue weighted by Crippen LogP contribution is -1.97. The Kier molecular flexibility index (Phi) is 6.18. The van der Waals surface area contributed by atoms with Gasteiger partial charge in [-0.3, -0.25) is 0 Å². The topological polar surface area (TPSA) is 67.1 Å². The summed E-state index contributed by atoms with van der Waals surface area (Å²) in [6, 6.07) is 17.6. The van der Waals surface area contributed by atoms with Crippen molar-refractivity contribution < 1.29 is 18.9 Å². The second kappa shape index (κ2) is 9.18. The molecule has 4 aromatic rings. The van der Waals surface area contributed by atoms with Crippen LogP contribution in [0.2, 0.25) is 0 Å². The molecule has 31 heavy (non-hydrogen) atoms. The van der Waals surface area contributed by atoms with Gasteiger partial charge in [-0.2, -0.15) is 9.61 Å². The average molecular weight is 438 g/mol. The summed E-state index contributed by atoms with van der Waals surface area (Å²) < 4.78 is 23.5. The van der Waals surface area contributed by atoms with Crippen molar-refractivity contribution in [3.8, 4) is 34.4 Å². The van der Waals surface area contributed by atoms with Gasteiger partial charge in [0.05, 0.1) is 28.4 Å². The first-order chi connectivity index (χ1) is 15.2. The number of benzene rings is 2. The predicted molar refractivity (Wildman–Crippen MR) is 121 cm³/mol. The monoisotopic (exact) mass is 437 g/mol. The van der Waals surface area contributed by atoms with Gasteiger partial charge in [-0.25, -0.2) is 4.98 Å². The zero-order valence-corrected chi connectivity index (χ0v) is 18.6. The molecule has 0 atom stereocenters. The van der Waals surface area contributed by atoms with Crippen molar-refractivity contribution in [3.63, 3.8) is 0 Å². The number of aromatic nitrogens is 3. The van der Waals surface area contributed by atoms with E-state index in [0.717, 1.165) is 27.7 Å². The minimum atomic E-state index is 0.561. The Hall–Kier alpha value is -3.39. The van der Waals surface area contributed by atoms with Gasteiger partial charge < -0.3 is 18.9 Å². The number of hydrogen-bond donors (Lipinski definition) is 0. The number of rotatable bonds is 8. The van der Waals surface area contributed by atoms with Gasteiger partial charge in [-0.05, 0) is 48.0 Å². The SMILES string of the molecule is COc1cccc(CSc2ccc3nc(-c4ccc(OC)c(OC)c4)c(OC)n3n2)c1. The molecular formula is C23H23N3O4S. The molecule has 0 radical (unpaired) electrons. The molecule has 0 saturated carbocycles. The van der Waals surface area contributed by atoms with Crippen LogP contribution in [0.1, 0.15) is 5.56 Å². The summed E-state index contributed by atoms with van der Waals surface area (Å²) in [5.74, 6) is 3.46. The molecule has 0 aliphatic heterocycles. The molecular weight excluding hydrogens is 414 g/mol. The van der Waals surface area contributed by atoms with Gasteiger partial charge in [0.2, 0.25) is 5.88 Å². The van der Waals surface area contributed by atoms with Crippen LogP contribution in [0.5, 0.6) is 23.1 Å². The van der Waals surface area contributed by atoms with Crippen molar-refractivity contribution in [1.29, 1.82) is 0 Å². The fourth-order valence-corrected chi connectivity index (χ4v) is 4.05. The Labute approximate surface area is 184 Å². The van der Waals surface area contributed by atoms with E-state index in [0.29, 0.717) is 28.7 Å². The molecule has 0 N–H and O–H groups in total. The Morgan fingerprint density at radius 1 is 0.839 bits per heavy atom. The van der Waals surface area contributed by atoms with Crippen molar-refractivity contribution in [1.82, 2.24) is 14.6 Å². The molecule has 0 amide bonds. The average Bonchev–Trinajstić information content (AvgIpc) is 3.20. The molecule has 2 heterocycles. The van der Waals surface area contributed by atoms with E-state index in [1.807, 2.05) is 48.5 Å². The van der Waals surface area contributed by atoms with E-state index in [1.54, 1.807) is 44.7 Å². The number of imidazole rings is 1. The van der Waals surface area contributed by atoms with Crippen LogP contribution in [0, 0.1) is 0 Å². The second-order valence-corrected chi connectivity index (χ2v) is 7.62. The van der Waals surface area contributed by atoms with Crippen LogP contribution in [0.4, 0.5) is 0 Å². The molecule has 0 bridgehead atoms. The first-order valence-corrected chi connectivity index (χ1v) is 10.6. The van der Waals surface area contributed by atoms with E-state index in [2.05, 4.69) is 6.07 Å². The first kappa shape index (κ1) is 20.9. The van der Waals surface area contributed by atoms with Gasteiger partial charge in [-0.15, -0.1) is 0 Å². The standard InChI is InChI=1S/C23H23N3O4S/c1-27-17-7-5-6-15(12-17)14-31-21-11-10-20-24-22(23(30-4)26(20)25-21)16-8-9-18(28-2)19(13-16)29-3/h5-13H,14H2,1-4H3. The van der Waals surface area contributed by atoms with E-state index in [-0.39, 0.29) is 0 Å². The van der Waals surface area contributed by atoms with Crippen LogP contribution in [0.25, 0.3) is 16.9 Å². The highest BCUT2D eigenvalue weighted by Crippen LogP contribution is 2.36. The number of ether oxygens (including phenoxy) is 4. The van der Waals surface area contributed by atoms with Crippen LogP contribution in [0.3, 0.4) is 0 Å². The third-order valence-corrected chi connectivity index (χ3v) is 5.77. The lowest BCUT2D eigenvalue weighted by Gasteiger charge is -2.09. The number of thioether (sulfide) groups is 1.